The van der Waals surface area contributed by atoms with Gasteiger partial charge in [-0.1, -0.05) is 19.9 Å². The number of hydrogen-bond donors (Lipinski definition) is 2. The van der Waals surface area contributed by atoms with Crippen LogP contribution in [0.1, 0.15) is 37.8 Å². The number of fused-ring (bicyclic) bond motifs is 1. The smallest absolute Gasteiger partial charge is 0.243 e. The van der Waals surface area contributed by atoms with Crippen LogP contribution in [0.15, 0.2) is 23.1 Å². The summed E-state index contributed by atoms with van der Waals surface area (Å²) in [5.74, 6) is 0. The van der Waals surface area contributed by atoms with Crippen LogP contribution in [0.25, 0.3) is 0 Å². The van der Waals surface area contributed by atoms with E-state index in [0.717, 1.165) is 30.5 Å². The second-order valence-corrected chi connectivity index (χ2v) is 7.23. The monoisotopic (exact) mass is 312 g/mol. The van der Waals surface area contributed by atoms with Crippen LogP contribution in [0.3, 0.4) is 0 Å². The zero-order chi connectivity index (χ0) is 15.5. The number of aliphatic hydroxyl groups excluding tert-OH is 1. The molecule has 2 N–H and O–H groups in total. The summed E-state index contributed by atoms with van der Waals surface area (Å²) in [5, 5.41) is 12.4. The zero-order valence-electron chi connectivity index (χ0n) is 12.7. The van der Waals surface area contributed by atoms with Crippen LogP contribution < -0.4 is 5.32 Å². The minimum Gasteiger partial charge on any atom is -0.395 e. The third-order valence-electron chi connectivity index (χ3n) is 4.09. The largest absolute Gasteiger partial charge is 0.395 e. The summed E-state index contributed by atoms with van der Waals surface area (Å²) in [6.45, 7) is 5.43. The Hall–Kier alpha value is -0.950. The lowest BCUT2D eigenvalue weighted by Crippen LogP contribution is -2.41. The fourth-order valence-electron chi connectivity index (χ4n) is 2.86. The Morgan fingerprint density at radius 1 is 1.24 bits per heavy atom. The van der Waals surface area contributed by atoms with E-state index < -0.39 is 10.0 Å². The van der Waals surface area contributed by atoms with Gasteiger partial charge in [-0.15, -0.1) is 0 Å². The summed E-state index contributed by atoms with van der Waals surface area (Å²) in [4.78, 5) is 0.324. The number of sulfonamides is 1. The van der Waals surface area contributed by atoms with Crippen molar-refractivity contribution in [2.24, 2.45) is 0 Å². The van der Waals surface area contributed by atoms with Gasteiger partial charge in [-0.05, 0) is 36.1 Å². The minimum absolute atomic E-state index is 0.0754. The highest BCUT2D eigenvalue weighted by atomic mass is 32.2. The van der Waals surface area contributed by atoms with E-state index >= 15 is 0 Å². The van der Waals surface area contributed by atoms with Crippen molar-refractivity contribution in [3.05, 3.63) is 29.3 Å². The predicted octanol–water partition coefficient (Wildman–Crippen LogP) is 1.46. The maximum Gasteiger partial charge on any atom is 0.243 e. The van der Waals surface area contributed by atoms with Gasteiger partial charge in [0.05, 0.1) is 11.5 Å². The van der Waals surface area contributed by atoms with Crippen LogP contribution in [0.5, 0.6) is 0 Å². The molecule has 1 aromatic carbocycles. The first kappa shape index (κ1) is 16.4. The van der Waals surface area contributed by atoms with Crippen LogP contribution >= 0.6 is 0 Å². The molecule has 2 rings (SSSR count). The third-order valence-corrected chi connectivity index (χ3v) is 6.03. The molecular weight excluding hydrogens is 288 g/mol. The first-order valence-corrected chi connectivity index (χ1v) is 8.93. The molecule has 0 radical (unpaired) electrons. The van der Waals surface area contributed by atoms with Crippen LogP contribution in [0.4, 0.5) is 0 Å². The molecule has 0 aromatic heterocycles. The van der Waals surface area contributed by atoms with E-state index in [4.69, 9.17) is 0 Å². The van der Waals surface area contributed by atoms with Gasteiger partial charge in [-0.25, -0.2) is 8.42 Å². The highest BCUT2D eigenvalue weighted by molar-refractivity contribution is 7.89. The number of benzene rings is 1. The Bertz CT molecular complexity index is 583. The van der Waals surface area contributed by atoms with Crippen molar-refractivity contribution in [3.63, 3.8) is 0 Å². The number of nitrogens with zero attached hydrogens (tertiary/aromatic N) is 1. The average Bonchev–Trinajstić information content (AvgIpc) is 2.94. The molecule has 1 aliphatic rings. The second-order valence-electron chi connectivity index (χ2n) is 5.34. The zero-order valence-corrected chi connectivity index (χ0v) is 13.5. The molecule has 6 heteroatoms. The second kappa shape index (κ2) is 6.87. The van der Waals surface area contributed by atoms with E-state index in [0.29, 0.717) is 11.4 Å². The SMILES string of the molecule is CCC(CC)N(CCO)S(=O)(=O)c1ccc2c(c1)CNC2. The van der Waals surface area contributed by atoms with Crippen LogP contribution in [0.2, 0.25) is 0 Å². The molecule has 0 unspecified atom stereocenters. The molecular formula is C15H24N2O3S. The van der Waals surface area contributed by atoms with Crippen molar-refractivity contribution >= 4 is 10.0 Å². The van der Waals surface area contributed by atoms with Gasteiger partial charge in [0.2, 0.25) is 10.0 Å². The normalized spacial score (nSPS) is 14.9. The number of rotatable bonds is 7. The van der Waals surface area contributed by atoms with E-state index in [1.54, 1.807) is 12.1 Å². The topological polar surface area (TPSA) is 69.6 Å². The Morgan fingerprint density at radius 2 is 1.90 bits per heavy atom. The lowest BCUT2D eigenvalue weighted by Gasteiger charge is -2.29. The molecule has 0 amide bonds. The molecule has 0 atom stereocenters. The fourth-order valence-corrected chi connectivity index (χ4v) is 4.68. The van der Waals surface area contributed by atoms with E-state index in [1.807, 2.05) is 19.9 Å². The molecule has 5 nitrogen and oxygen atoms in total. The molecule has 0 aliphatic carbocycles. The van der Waals surface area contributed by atoms with E-state index in [9.17, 15) is 13.5 Å². The Labute approximate surface area is 127 Å². The Morgan fingerprint density at radius 3 is 2.52 bits per heavy atom. The van der Waals surface area contributed by atoms with Gasteiger partial charge in [0.15, 0.2) is 0 Å². The van der Waals surface area contributed by atoms with Gasteiger partial charge in [-0.3, -0.25) is 0 Å². The molecule has 118 valence electrons. The van der Waals surface area contributed by atoms with Gasteiger partial charge in [-0.2, -0.15) is 4.31 Å². The molecule has 0 spiro atoms. The standard InChI is InChI=1S/C15H24N2O3S/c1-3-14(4-2)17(7-8-18)21(19,20)15-6-5-12-10-16-11-13(12)9-15/h5-6,9,14,16,18H,3-4,7-8,10-11H2,1-2H3. The molecule has 1 aliphatic heterocycles. The highest BCUT2D eigenvalue weighted by Gasteiger charge is 2.30. The number of aliphatic hydroxyl groups is 1. The maximum atomic E-state index is 12.9. The van der Waals surface area contributed by atoms with E-state index in [1.165, 1.54) is 4.31 Å². The average molecular weight is 312 g/mol. The first-order chi connectivity index (χ1) is 10.0. The number of hydrogen-bond acceptors (Lipinski definition) is 4. The molecule has 1 aromatic rings. The molecule has 0 bridgehead atoms. The summed E-state index contributed by atoms with van der Waals surface area (Å²) in [6.07, 6.45) is 1.48. The predicted molar refractivity (Wildman–Crippen MR) is 82.3 cm³/mol. The van der Waals surface area contributed by atoms with E-state index in [-0.39, 0.29) is 19.2 Å². The highest BCUT2D eigenvalue weighted by Crippen LogP contribution is 2.25. The van der Waals surface area contributed by atoms with Crippen molar-refractivity contribution in [3.8, 4) is 0 Å². The van der Waals surface area contributed by atoms with Gasteiger partial charge >= 0.3 is 0 Å². The lowest BCUT2D eigenvalue weighted by atomic mass is 10.1. The summed E-state index contributed by atoms with van der Waals surface area (Å²) < 4.78 is 27.2. The molecule has 21 heavy (non-hydrogen) atoms. The van der Waals surface area contributed by atoms with Crippen molar-refractivity contribution in [2.75, 3.05) is 13.2 Å². The van der Waals surface area contributed by atoms with Crippen LogP contribution in [0, 0.1) is 0 Å². The third kappa shape index (κ3) is 3.29. The van der Waals surface area contributed by atoms with E-state index in [2.05, 4.69) is 5.32 Å². The Kier molecular flexibility index (Phi) is 5.37. The van der Waals surface area contributed by atoms with Crippen molar-refractivity contribution in [2.45, 2.75) is 50.7 Å². The summed E-state index contributed by atoms with van der Waals surface area (Å²) in [6, 6.07) is 5.24. The number of nitrogens with one attached hydrogen (secondary N) is 1. The van der Waals surface area contributed by atoms with Crippen molar-refractivity contribution in [1.82, 2.24) is 9.62 Å². The van der Waals surface area contributed by atoms with Gasteiger partial charge < -0.3 is 10.4 Å². The lowest BCUT2D eigenvalue weighted by molar-refractivity contribution is 0.219. The maximum absolute atomic E-state index is 12.9. The molecule has 0 fully saturated rings. The Balaban J connectivity index is 2.38. The summed E-state index contributed by atoms with van der Waals surface area (Å²) >= 11 is 0. The summed E-state index contributed by atoms with van der Waals surface area (Å²) in [7, 11) is -3.56. The molecule has 0 saturated carbocycles. The van der Waals surface area contributed by atoms with Crippen molar-refractivity contribution in [1.29, 1.82) is 0 Å². The van der Waals surface area contributed by atoms with Gasteiger partial charge in [0, 0.05) is 25.7 Å². The quantitative estimate of drug-likeness (QED) is 0.800. The minimum atomic E-state index is -3.56. The first-order valence-electron chi connectivity index (χ1n) is 7.49. The van der Waals surface area contributed by atoms with Crippen molar-refractivity contribution < 1.29 is 13.5 Å². The summed E-state index contributed by atoms with van der Waals surface area (Å²) in [5.41, 5.74) is 2.20. The fraction of sp³-hybridized carbons (Fsp3) is 0.600. The molecule has 1 heterocycles. The van der Waals surface area contributed by atoms with Crippen LogP contribution in [-0.2, 0) is 23.1 Å². The molecule has 0 saturated heterocycles. The van der Waals surface area contributed by atoms with Crippen LogP contribution in [-0.4, -0.2) is 37.0 Å². The van der Waals surface area contributed by atoms with Gasteiger partial charge in [0.25, 0.3) is 0 Å². The van der Waals surface area contributed by atoms with Gasteiger partial charge in [0.1, 0.15) is 0 Å².